The Kier molecular flexibility index (Phi) is 8.45. The second-order valence-corrected chi connectivity index (χ2v) is 4.08. The lowest BCUT2D eigenvalue weighted by Gasteiger charge is -2.07. The molecule has 0 aliphatic heterocycles. The summed E-state index contributed by atoms with van der Waals surface area (Å²) in [5.41, 5.74) is 0. The predicted molar refractivity (Wildman–Crippen MR) is 51.9 cm³/mol. The third-order valence-electron chi connectivity index (χ3n) is 1.68. The van der Waals surface area contributed by atoms with E-state index >= 15 is 0 Å². The van der Waals surface area contributed by atoms with Crippen molar-refractivity contribution >= 4 is 23.2 Å². The van der Waals surface area contributed by atoms with E-state index in [4.69, 9.17) is 33.4 Å². The fourth-order valence-corrected chi connectivity index (χ4v) is 1.22. The first kappa shape index (κ1) is 12.5. The Morgan fingerprint density at radius 3 is 1.42 bits per heavy atom. The highest BCUT2D eigenvalue weighted by Crippen LogP contribution is 2.12. The zero-order valence-corrected chi connectivity index (χ0v) is 8.56. The molecule has 0 aliphatic carbocycles. The average Bonchev–Trinajstić information content (AvgIpc) is 2.11. The van der Waals surface area contributed by atoms with Crippen LogP contribution in [0.1, 0.15) is 25.7 Å². The molecule has 0 aromatic carbocycles. The fourth-order valence-electron chi connectivity index (χ4n) is 0.914. The summed E-state index contributed by atoms with van der Waals surface area (Å²) in [6, 6.07) is 0. The molecule has 4 heteroatoms. The highest BCUT2D eigenvalue weighted by Gasteiger charge is 2.04. The Morgan fingerprint density at radius 1 is 0.833 bits per heavy atom. The number of hydrogen-bond acceptors (Lipinski definition) is 2. The van der Waals surface area contributed by atoms with E-state index in [0.717, 1.165) is 25.7 Å². The molecular weight excluding hydrogens is 199 g/mol. The van der Waals surface area contributed by atoms with E-state index in [1.54, 1.807) is 0 Å². The van der Waals surface area contributed by atoms with Gasteiger partial charge in [0.1, 0.15) is 0 Å². The minimum absolute atomic E-state index is 0.0336. The second-order valence-electron chi connectivity index (χ2n) is 2.84. The van der Waals surface area contributed by atoms with Gasteiger partial charge in [0, 0.05) is 0 Å². The van der Waals surface area contributed by atoms with Gasteiger partial charge in [-0.15, -0.1) is 23.2 Å². The van der Waals surface area contributed by atoms with E-state index in [1.165, 1.54) is 0 Å². The van der Waals surface area contributed by atoms with Crippen LogP contribution in [0.4, 0.5) is 0 Å². The van der Waals surface area contributed by atoms with Crippen LogP contribution in [0.5, 0.6) is 0 Å². The predicted octanol–water partition coefficient (Wildman–Crippen LogP) is 1.75. The van der Waals surface area contributed by atoms with Gasteiger partial charge >= 0.3 is 0 Å². The molecule has 0 saturated carbocycles. The van der Waals surface area contributed by atoms with Crippen LogP contribution in [0, 0.1) is 0 Å². The lowest BCUT2D eigenvalue weighted by atomic mass is 10.1. The monoisotopic (exact) mass is 214 g/mol. The lowest BCUT2D eigenvalue weighted by Crippen LogP contribution is -2.06. The van der Waals surface area contributed by atoms with E-state index < -0.39 is 0 Å². The van der Waals surface area contributed by atoms with Gasteiger partial charge in [-0.05, 0) is 12.8 Å². The van der Waals surface area contributed by atoms with E-state index in [0.29, 0.717) is 0 Å². The molecule has 0 aromatic rings. The quantitative estimate of drug-likeness (QED) is 0.501. The van der Waals surface area contributed by atoms with Crippen molar-refractivity contribution in [3.8, 4) is 0 Å². The summed E-state index contributed by atoms with van der Waals surface area (Å²) in [5, 5.41) is 16.9. The number of aliphatic hydroxyl groups excluding tert-OH is 2. The Hall–Kier alpha value is 0.500. The van der Waals surface area contributed by atoms with Crippen LogP contribution in [0.2, 0.25) is 0 Å². The number of alkyl halides is 2. The summed E-state index contributed by atoms with van der Waals surface area (Å²) in [5.74, 6) is 0. The van der Waals surface area contributed by atoms with Crippen LogP contribution < -0.4 is 0 Å². The smallest absolute Gasteiger partial charge is 0.0595 e. The maximum atomic E-state index is 8.59. The Labute approximate surface area is 83.5 Å². The van der Waals surface area contributed by atoms with Crippen molar-refractivity contribution in [2.75, 3.05) is 13.2 Å². The minimum atomic E-state index is -0.132. The molecule has 2 atom stereocenters. The molecule has 0 amide bonds. The SMILES string of the molecule is OC[C@@H](Cl)CCCC[C@@H](Cl)CO. The van der Waals surface area contributed by atoms with Crippen molar-refractivity contribution in [2.45, 2.75) is 36.4 Å². The van der Waals surface area contributed by atoms with Crippen molar-refractivity contribution in [3.05, 3.63) is 0 Å². The van der Waals surface area contributed by atoms with Crippen LogP contribution >= 0.6 is 23.2 Å². The highest BCUT2D eigenvalue weighted by molar-refractivity contribution is 6.20. The number of rotatable bonds is 7. The van der Waals surface area contributed by atoms with Crippen LogP contribution in [0.3, 0.4) is 0 Å². The third-order valence-corrected chi connectivity index (χ3v) is 2.39. The van der Waals surface area contributed by atoms with Crippen LogP contribution in [-0.2, 0) is 0 Å². The van der Waals surface area contributed by atoms with Gasteiger partial charge in [0.25, 0.3) is 0 Å². The van der Waals surface area contributed by atoms with Gasteiger partial charge in [0.15, 0.2) is 0 Å². The molecule has 0 aliphatic rings. The van der Waals surface area contributed by atoms with Gasteiger partial charge in [-0.2, -0.15) is 0 Å². The first-order valence-electron chi connectivity index (χ1n) is 4.20. The average molecular weight is 215 g/mol. The molecule has 0 rings (SSSR count). The zero-order valence-electron chi connectivity index (χ0n) is 7.05. The minimum Gasteiger partial charge on any atom is -0.395 e. The molecule has 0 aromatic heterocycles. The van der Waals surface area contributed by atoms with Crippen molar-refractivity contribution in [1.82, 2.24) is 0 Å². The van der Waals surface area contributed by atoms with Crippen LogP contribution in [0.15, 0.2) is 0 Å². The van der Waals surface area contributed by atoms with Crippen molar-refractivity contribution in [2.24, 2.45) is 0 Å². The van der Waals surface area contributed by atoms with Crippen molar-refractivity contribution in [3.63, 3.8) is 0 Å². The van der Waals surface area contributed by atoms with Gasteiger partial charge in [-0.1, -0.05) is 12.8 Å². The number of hydrogen-bond donors (Lipinski definition) is 2. The molecule has 2 nitrogen and oxygen atoms in total. The van der Waals surface area contributed by atoms with Gasteiger partial charge in [-0.3, -0.25) is 0 Å². The molecule has 0 bridgehead atoms. The summed E-state index contributed by atoms with van der Waals surface area (Å²) < 4.78 is 0. The maximum absolute atomic E-state index is 8.59. The summed E-state index contributed by atoms with van der Waals surface area (Å²) in [6.07, 6.45) is 3.54. The van der Waals surface area contributed by atoms with E-state index in [9.17, 15) is 0 Å². The molecule has 0 saturated heterocycles. The number of aliphatic hydroxyl groups is 2. The van der Waals surface area contributed by atoms with Crippen LogP contribution in [0.25, 0.3) is 0 Å². The number of halogens is 2. The van der Waals surface area contributed by atoms with E-state index in [-0.39, 0.29) is 24.0 Å². The largest absolute Gasteiger partial charge is 0.395 e. The standard InChI is InChI=1S/C8H16Cl2O2/c9-7(5-11)3-1-2-4-8(10)6-12/h7-8,11-12H,1-6H2/t7-,8+. The van der Waals surface area contributed by atoms with Crippen molar-refractivity contribution < 1.29 is 10.2 Å². The third kappa shape index (κ3) is 7.17. The normalized spacial score (nSPS) is 16.0. The first-order valence-corrected chi connectivity index (χ1v) is 5.07. The zero-order chi connectivity index (χ0) is 9.40. The molecule has 74 valence electrons. The van der Waals surface area contributed by atoms with Crippen LogP contribution in [-0.4, -0.2) is 34.2 Å². The van der Waals surface area contributed by atoms with Gasteiger partial charge in [0.2, 0.25) is 0 Å². The molecular formula is C8H16Cl2O2. The Balaban J connectivity index is 3.10. The number of unbranched alkanes of at least 4 members (excludes halogenated alkanes) is 1. The molecule has 2 N–H and O–H groups in total. The summed E-state index contributed by atoms with van der Waals surface area (Å²) >= 11 is 11.4. The molecule has 0 heterocycles. The Bertz CT molecular complexity index is 89.1. The topological polar surface area (TPSA) is 40.5 Å². The first-order chi connectivity index (χ1) is 5.70. The summed E-state index contributed by atoms with van der Waals surface area (Å²) in [7, 11) is 0. The maximum Gasteiger partial charge on any atom is 0.0595 e. The van der Waals surface area contributed by atoms with Gasteiger partial charge in [0.05, 0.1) is 24.0 Å². The van der Waals surface area contributed by atoms with E-state index in [1.807, 2.05) is 0 Å². The Morgan fingerprint density at radius 2 is 1.17 bits per heavy atom. The second kappa shape index (κ2) is 8.11. The van der Waals surface area contributed by atoms with Crippen molar-refractivity contribution in [1.29, 1.82) is 0 Å². The molecule has 0 fully saturated rings. The van der Waals surface area contributed by atoms with Gasteiger partial charge in [-0.25, -0.2) is 0 Å². The highest BCUT2D eigenvalue weighted by atomic mass is 35.5. The summed E-state index contributed by atoms with van der Waals surface area (Å²) in [4.78, 5) is 0. The molecule has 12 heavy (non-hydrogen) atoms. The molecule has 0 spiro atoms. The molecule has 0 unspecified atom stereocenters. The van der Waals surface area contributed by atoms with Gasteiger partial charge < -0.3 is 10.2 Å². The lowest BCUT2D eigenvalue weighted by molar-refractivity contribution is 0.279. The summed E-state index contributed by atoms with van der Waals surface area (Å²) in [6.45, 7) is 0.0672. The van der Waals surface area contributed by atoms with E-state index in [2.05, 4.69) is 0 Å². The fraction of sp³-hybridized carbons (Fsp3) is 1.00. The molecule has 0 radical (unpaired) electrons.